The van der Waals surface area contributed by atoms with Gasteiger partial charge < -0.3 is 25.1 Å². The van der Waals surface area contributed by atoms with Gasteiger partial charge in [0, 0.05) is 0 Å². The molecule has 0 aliphatic carbocycles. The van der Waals surface area contributed by atoms with Crippen LogP contribution in [0.2, 0.25) is 0 Å². The molecule has 1 atom stereocenters. The van der Waals surface area contributed by atoms with Gasteiger partial charge in [-0.2, -0.15) is 0 Å². The molecule has 5 nitrogen and oxygen atoms in total. The molecular formula is C16H19NO4. The van der Waals surface area contributed by atoms with Crippen LogP contribution in [0.3, 0.4) is 0 Å². The fourth-order valence-electron chi connectivity index (χ4n) is 1.71. The molecule has 0 heterocycles. The van der Waals surface area contributed by atoms with Crippen molar-refractivity contribution in [2.24, 2.45) is 0 Å². The van der Waals surface area contributed by atoms with Gasteiger partial charge in [-0.25, -0.2) is 0 Å². The monoisotopic (exact) mass is 289 g/mol. The Morgan fingerprint density at radius 3 is 2.24 bits per heavy atom. The fourth-order valence-corrected chi connectivity index (χ4v) is 1.71. The topological polar surface area (TPSA) is 73.9 Å². The predicted molar refractivity (Wildman–Crippen MR) is 80.8 cm³/mol. The number of hydrogen-bond donors (Lipinski definition) is 2. The van der Waals surface area contributed by atoms with Gasteiger partial charge in [-0.3, -0.25) is 0 Å². The molecule has 2 rings (SSSR count). The number of hydrogen-bond acceptors (Lipinski definition) is 5. The first kappa shape index (κ1) is 15.0. The van der Waals surface area contributed by atoms with Gasteiger partial charge in [0.2, 0.25) is 0 Å². The summed E-state index contributed by atoms with van der Waals surface area (Å²) in [5.74, 6) is 1.97. The first-order valence-corrected chi connectivity index (χ1v) is 6.61. The molecule has 0 aromatic heterocycles. The second-order valence-corrected chi connectivity index (χ2v) is 4.49. The smallest absolute Gasteiger partial charge is 0.142 e. The molecule has 0 fully saturated rings. The third kappa shape index (κ3) is 4.57. The Kier molecular flexibility index (Phi) is 5.29. The van der Waals surface area contributed by atoms with E-state index in [2.05, 4.69) is 0 Å². The third-order valence-electron chi connectivity index (χ3n) is 2.85. The van der Waals surface area contributed by atoms with Gasteiger partial charge >= 0.3 is 0 Å². The van der Waals surface area contributed by atoms with Crippen LogP contribution < -0.4 is 19.9 Å². The van der Waals surface area contributed by atoms with Crippen LogP contribution in [0.5, 0.6) is 17.2 Å². The number of methoxy groups -OCH3 is 1. The first-order valence-electron chi connectivity index (χ1n) is 6.61. The molecule has 112 valence electrons. The van der Waals surface area contributed by atoms with Crippen LogP contribution in [-0.4, -0.2) is 31.5 Å². The highest BCUT2D eigenvalue weighted by atomic mass is 16.5. The van der Waals surface area contributed by atoms with E-state index in [0.29, 0.717) is 17.2 Å². The van der Waals surface area contributed by atoms with Crippen molar-refractivity contribution in [1.82, 2.24) is 0 Å². The van der Waals surface area contributed by atoms with Crippen molar-refractivity contribution in [1.29, 1.82) is 0 Å². The summed E-state index contributed by atoms with van der Waals surface area (Å²) in [6.45, 7) is 0.253. The number of nitrogen functional groups attached to an aromatic ring is 1. The first-order chi connectivity index (χ1) is 10.2. The summed E-state index contributed by atoms with van der Waals surface area (Å²) in [4.78, 5) is 0. The summed E-state index contributed by atoms with van der Waals surface area (Å²) in [5, 5.41) is 9.85. The van der Waals surface area contributed by atoms with Crippen molar-refractivity contribution in [3.63, 3.8) is 0 Å². The molecule has 0 spiro atoms. The van der Waals surface area contributed by atoms with Crippen LogP contribution in [0, 0.1) is 0 Å². The van der Waals surface area contributed by atoms with Crippen LogP contribution in [0.4, 0.5) is 5.69 Å². The second-order valence-electron chi connectivity index (χ2n) is 4.49. The minimum absolute atomic E-state index is 0.115. The highest BCUT2D eigenvalue weighted by Crippen LogP contribution is 2.20. The number of rotatable bonds is 7. The van der Waals surface area contributed by atoms with Crippen LogP contribution >= 0.6 is 0 Å². The normalized spacial score (nSPS) is 11.7. The van der Waals surface area contributed by atoms with E-state index < -0.39 is 6.10 Å². The largest absolute Gasteiger partial charge is 0.497 e. The van der Waals surface area contributed by atoms with Crippen molar-refractivity contribution in [2.45, 2.75) is 6.10 Å². The maximum absolute atomic E-state index is 9.85. The summed E-state index contributed by atoms with van der Waals surface area (Å²) in [7, 11) is 1.60. The van der Waals surface area contributed by atoms with Crippen LogP contribution in [0.15, 0.2) is 48.5 Å². The maximum Gasteiger partial charge on any atom is 0.142 e. The average Bonchev–Trinajstić information content (AvgIpc) is 2.52. The molecule has 0 saturated heterocycles. The Balaban J connectivity index is 1.76. The molecule has 2 aromatic rings. The zero-order valence-corrected chi connectivity index (χ0v) is 11.9. The minimum atomic E-state index is -0.744. The van der Waals surface area contributed by atoms with Crippen LogP contribution in [0.25, 0.3) is 0 Å². The summed E-state index contributed by atoms with van der Waals surface area (Å²) >= 11 is 0. The Morgan fingerprint density at radius 1 is 0.952 bits per heavy atom. The van der Waals surface area contributed by atoms with Gasteiger partial charge in [-0.15, -0.1) is 0 Å². The number of anilines is 1. The molecular weight excluding hydrogens is 270 g/mol. The van der Waals surface area contributed by atoms with Crippen molar-refractivity contribution in [3.05, 3.63) is 48.5 Å². The van der Waals surface area contributed by atoms with Crippen molar-refractivity contribution < 1.29 is 19.3 Å². The molecule has 0 radical (unpaired) electrons. The molecule has 0 aliphatic heterocycles. The molecule has 0 aliphatic rings. The van der Waals surface area contributed by atoms with E-state index in [-0.39, 0.29) is 13.2 Å². The number of aliphatic hydroxyl groups excluding tert-OH is 1. The number of benzene rings is 2. The molecule has 1 unspecified atom stereocenters. The lowest BCUT2D eigenvalue weighted by Gasteiger charge is -2.14. The van der Waals surface area contributed by atoms with Gasteiger partial charge in [-0.1, -0.05) is 12.1 Å². The van der Waals surface area contributed by atoms with Crippen molar-refractivity contribution >= 4 is 5.69 Å². The van der Waals surface area contributed by atoms with Crippen molar-refractivity contribution in [2.75, 3.05) is 26.1 Å². The Labute approximate surface area is 123 Å². The fraction of sp³-hybridized carbons (Fsp3) is 0.250. The van der Waals surface area contributed by atoms with Gasteiger partial charge in [0.05, 0.1) is 12.8 Å². The quantitative estimate of drug-likeness (QED) is 0.764. The van der Waals surface area contributed by atoms with Crippen LogP contribution in [0.1, 0.15) is 0 Å². The van der Waals surface area contributed by atoms with E-state index in [0.717, 1.165) is 5.75 Å². The molecule has 5 heteroatoms. The minimum Gasteiger partial charge on any atom is -0.497 e. The summed E-state index contributed by atoms with van der Waals surface area (Å²) in [5.41, 5.74) is 6.29. The van der Waals surface area contributed by atoms with E-state index in [1.807, 2.05) is 12.1 Å². The third-order valence-corrected chi connectivity index (χ3v) is 2.85. The Hall–Kier alpha value is -2.40. The average molecular weight is 289 g/mol. The lowest BCUT2D eigenvalue weighted by molar-refractivity contribution is 0.0629. The van der Waals surface area contributed by atoms with Crippen molar-refractivity contribution in [3.8, 4) is 17.2 Å². The lowest BCUT2D eigenvalue weighted by atomic mass is 10.3. The molecule has 0 amide bonds. The lowest BCUT2D eigenvalue weighted by Crippen LogP contribution is -2.25. The maximum atomic E-state index is 9.85. The predicted octanol–water partition coefficient (Wildman–Crippen LogP) is 2.10. The molecule has 0 saturated carbocycles. The van der Waals surface area contributed by atoms with Crippen LogP contribution in [-0.2, 0) is 0 Å². The number of para-hydroxylation sites is 2. The van der Waals surface area contributed by atoms with E-state index in [4.69, 9.17) is 19.9 Å². The highest BCUT2D eigenvalue weighted by Gasteiger charge is 2.08. The number of aliphatic hydroxyl groups is 1. The number of ether oxygens (including phenoxy) is 3. The number of nitrogens with two attached hydrogens (primary N) is 1. The molecule has 0 bridgehead atoms. The highest BCUT2D eigenvalue weighted by molar-refractivity contribution is 5.51. The van der Waals surface area contributed by atoms with E-state index >= 15 is 0 Å². The SMILES string of the molecule is COc1ccc(OCC(O)COc2ccccc2N)cc1. The van der Waals surface area contributed by atoms with Gasteiger partial charge in [0.15, 0.2) is 0 Å². The zero-order valence-electron chi connectivity index (χ0n) is 11.9. The second kappa shape index (κ2) is 7.40. The summed E-state index contributed by atoms with van der Waals surface area (Å²) in [6, 6.07) is 14.3. The van der Waals surface area contributed by atoms with Gasteiger partial charge in [0.25, 0.3) is 0 Å². The van der Waals surface area contributed by atoms with Gasteiger partial charge in [0.1, 0.15) is 36.6 Å². The van der Waals surface area contributed by atoms with E-state index in [1.165, 1.54) is 0 Å². The Bertz CT molecular complexity index is 556. The Morgan fingerprint density at radius 2 is 1.57 bits per heavy atom. The summed E-state index contributed by atoms with van der Waals surface area (Å²) < 4.78 is 16.0. The summed E-state index contributed by atoms with van der Waals surface area (Å²) in [6.07, 6.45) is -0.744. The molecule has 3 N–H and O–H groups in total. The van der Waals surface area contributed by atoms with E-state index in [9.17, 15) is 5.11 Å². The zero-order chi connectivity index (χ0) is 15.1. The molecule has 2 aromatic carbocycles. The molecule has 21 heavy (non-hydrogen) atoms. The van der Waals surface area contributed by atoms with E-state index in [1.54, 1.807) is 43.5 Å². The van der Waals surface area contributed by atoms with Gasteiger partial charge in [-0.05, 0) is 36.4 Å². The standard InChI is InChI=1S/C16H19NO4/c1-19-13-6-8-14(9-7-13)20-10-12(18)11-21-16-5-3-2-4-15(16)17/h2-9,12,18H,10-11,17H2,1H3.